The molecule has 0 aliphatic carbocycles. The molecule has 0 atom stereocenters. The first-order valence-corrected chi connectivity index (χ1v) is 7.17. The summed E-state index contributed by atoms with van der Waals surface area (Å²) in [5.74, 6) is 0.0771. The Morgan fingerprint density at radius 1 is 1.11 bits per heavy atom. The van der Waals surface area contributed by atoms with Crippen LogP contribution in [0.4, 0.5) is 0 Å². The number of carbonyl (C=O) groups is 1. The summed E-state index contributed by atoms with van der Waals surface area (Å²) in [6.45, 7) is 3.93. The number of piperidine rings is 1. The number of hydrogen-bond acceptors (Lipinski definition) is 3. The van der Waals surface area contributed by atoms with Gasteiger partial charge in [-0.2, -0.15) is 0 Å². The molecule has 0 spiro atoms. The number of amides is 1. The molecule has 1 aromatic rings. The third kappa shape index (κ3) is 2.96. The highest BCUT2D eigenvalue weighted by Crippen LogP contribution is 2.16. The molecule has 2 aliphatic heterocycles. The molecule has 1 fully saturated rings. The standard InChI is InChI=1S/C15H21N3O/c19-15(18-14-4-7-16-8-5-14)12-1-2-13-10-17-6-3-11(13)9-12/h1-2,9,14,16-17H,3-8,10H2,(H,18,19). The van der Waals surface area contributed by atoms with Gasteiger partial charge in [-0.1, -0.05) is 6.07 Å². The average Bonchev–Trinajstić information content (AvgIpc) is 2.48. The van der Waals surface area contributed by atoms with E-state index in [1.807, 2.05) is 6.07 Å². The number of rotatable bonds is 2. The first-order valence-electron chi connectivity index (χ1n) is 7.17. The van der Waals surface area contributed by atoms with Crippen molar-refractivity contribution >= 4 is 5.91 Å². The molecule has 4 heteroatoms. The molecular formula is C15H21N3O. The number of nitrogens with one attached hydrogen (secondary N) is 3. The minimum atomic E-state index is 0.0771. The van der Waals surface area contributed by atoms with Crippen LogP contribution in [0.15, 0.2) is 18.2 Å². The number of hydrogen-bond donors (Lipinski definition) is 3. The smallest absolute Gasteiger partial charge is 0.251 e. The van der Waals surface area contributed by atoms with E-state index >= 15 is 0 Å². The molecule has 4 nitrogen and oxygen atoms in total. The topological polar surface area (TPSA) is 53.2 Å². The summed E-state index contributed by atoms with van der Waals surface area (Å²) in [6, 6.07) is 6.42. The highest BCUT2D eigenvalue weighted by molar-refractivity contribution is 5.94. The van der Waals surface area contributed by atoms with Crippen molar-refractivity contribution in [2.75, 3.05) is 19.6 Å². The van der Waals surface area contributed by atoms with E-state index in [2.05, 4.69) is 28.1 Å². The summed E-state index contributed by atoms with van der Waals surface area (Å²) in [5.41, 5.74) is 3.44. The van der Waals surface area contributed by atoms with Gasteiger partial charge in [-0.3, -0.25) is 4.79 Å². The largest absolute Gasteiger partial charge is 0.349 e. The lowest BCUT2D eigenvalue weighted by molar-refractivity contribution is 0.0929. The fraction of sp³-hybridized carbons (Fsp3) is 0.533. The van der Waals surface area contributed by atoms with Crippen molar-refractivity contribution in [3.8, 4) is 0 Å². The maximum absolute atomic E-state index is 12.3. The molecule has 1 saturated heterocycles. The lowest BCUT2D eigenvalue weighted by Crippen LogP contribution is -2.42. The van der Waals surface area contributed by atoms with Gasteiger partial charge in [0.15, 0.2) is 0 Å². The van der Waals surface area contributed by atoms with Crippen LogP contribution in [0.1, 0.15) is 34.3 Å². The van der Waals surface area contributed by atoms with Crippen LogP contribution >= 0.6 is 0 Å². The zero-order chi connectivity index (χ0) is 13.1. The zero-order valence-electron chi connectivity index (χ0n) is 11.2. The Balaban J connectivity index is 1.69. The average molecular weight is 259 g/mol. The maximum Gasteiger partial charge on any atom is 0.251 e. The Bertz CT molecular complexity index is 466. The lowest BCUT2D eigenvalue weighted by atomic mass is 9.98. The lowest BCUT2D eigenvalue weighted by Gasteiger charge is -2.24. The molecule has 3 N–H and O–H groups in total. The van der Waals surface area contributed by atoms with Crippen LogP contribution in [0.25, 0.3) is 0 Å². The SMILES string of the molecule is O=C(NC1CCNCC1)c1ccc2c(c1)CCNC2. The van der Waals surface area contributed by atoms with Gasteiger partial charge in [-0.05, 0) is 62.2 Å². The summed E-state index contributed by atoms with van der Waals surface area (Å²) in [5, 5.41) is 9.81. The molecule has 0 radical (unpaired) electrons. The van der Waals surface area contributed by atoms with E-state index in [9.17, 15) is 4.79 Å². The molecular weight excluding hydrogens is 238 g/mol. The molecule has 0 bridgehead atoms. The number of benzene rings is 1. The Kier molecular flexibility index (Phi) is 3.80. The predicted octanol–water partition coefficient (Wildman–Crippen LogP) is 0.814. The second-order valence-electron chi connectivity index (χ2n) is 5.41. The summed E-state index contributed by atoms with van der Waals surface area (Å²) >= 11 is 0. The van der Waals surface area contributed by atoms with E-state index in [4.69, 9.17) is 0 Å². The molecule has 1 amide bonds. The first kappa shape index (κ1) is 12.6. The van der Waals surface area contributed by atoms with Crippen LogP contribution < -0.4 is 16.0 Å². The van der Waals surface area contributed by atoms with Crippen LogP contribution in [-0.2, 0) is 13.0 Å². The third-order valence-corrected chi connectivity index (χ3v) is 4.03. The van der Waals surface area contributed by atoms with E-state index in [1.54, 1.807) is 0 Å². The molecule has 0 unspecified atom stereocenters. The molecule has 19 heavy (non-hydrogen) atoms. The van der Waals surface area contributed by atoms with Crippen LogP contribution in [0.2, 0.25) is 0 Å². The van der Waals surface area contributed by atoms with E-state index in [1.165, 1.54) is 11.1 Å². The van der Waals surface area contributed by atoms with Crippen molar-refractivity contribution < 1.29 is 4.79 Å². The number of fused-ring (bicyclic) bond motifs is 1. The molecule has 2 aliphatic rings. The maximum atomic E-state index is 12.3. The van der Waals surface area contributed by atoms with E-state index in [0.717, 1.165) is 51.0 Å². The third-order valence-electron chi connectivity index (χ3n) is 4.03. The van der Waals surface area contributed by atoms with Crippen LogP contribution in [0.5, 0.6) is 0 Å². The summed E-state index contributed by atoms with van der Waals surface area (Å²) in [4.78, 5) is 12.3. The number of carbonyl (C=O) groups excluding carboxylic acids is 1. The minimum Gasteiger partial charge on any atom is -0.349 e. The van der Waals surface area contributed by atoms with Crippen molar-refractivity contribution in [3.05, 3.63) is 34.9 Å². The Morgan fingerprint density at radius 2 is 1.95 bits per heavy atom. The fourth-order valence-corrected chi connectivity index (χ4v) is 2.85. The van der Waals surface area contributed by atoms with Crippen LogP contribution in [-0.4, -0.2) is 31.6 Å². The predicted molar refractivity (Wildman–Crippen MR) is 75.2 cm³/mol. The summed E-state index contributed by atoms with van der Waals surface area (Å²) < 4.78 is 0. The Labute approximate surface area is 114 Å². The van der Waals surface area contributed by atoms with Gasteiger partial charge in [0.2, 0.25) is 0 Å². The van der Waals surface area contributed by atoms with Gasteiger partial charge in [-0.25, -0.2) is 0 Å². The molecule has 0 saturated carbocycles. The van der Waals surface area contributed by atoms with Gasteiger partial charge < -0.3 is 16.0 Å². The first-order chi connectivity index (χ1) is 9.33. The van der Waals surface area contributed by atoms with Crippen LogP contribution in [0.3, 0.4) is 0 Å². The molecule has 3 rings (SSSR count). The van der Waals surface area contributed by atoms with Gasteiger partial charge in [0.25, 0.3) is 5.91 Å². The van der Waals surface area contributed by atoms with Crippen LogP contribution in [0, 0.1) is 0 Å². The van der Waals surface area contributed by atoms with Crippen molar-refractivity contribution in [3.63, 3.8) is 0 Å². The van der Waals surface area contributed by atoms with E-state index in [-0.39, 0.29) is 5.91 Å². The minimum absolute atomic E-state index is 0.0771. The van der Waals surface area contributed by atoms with Crippen molar-refractivity contribution in [1.29, 1.82) is 0 Å². The van der Waals surface area contributed by atoms with Gasteiger partial charge in [0.1, 0.15) is 0 Å². The van der Waals surface area contributed by atoms with Crippen molar-refractivity contribution in [2.24, 2.45) is 0 Å². The summed E-state index contributed by atoms with van der Waals surface area (Å²) in [6.07, 6.45) is 3.07. The van der Waals surface area contributed by atoms with Gasteiger partial charge in [0, 0.05) is 18.2 Å². The normalized spacial score (nSPS) is 19.8. The van der Waals surface area contributed by atoms with Gasteiger partial charge in [-0.15, -0.1) is 0 Å². The van der Waals surface area contributed by atoms with E-state index in [0.29, 0.717) is 6.04 Å². The van der Waals surface area contributed by atoms with Gasteiger partial charge >= 0.3 is 0 Å². The summed E-state index contributed by atoms with van der Waals surface area (Å²) in [7, 11) is 0. The highest BCUT2D eigenvalue weighted by Gasteiger charge is 2.17. The zero-order valence-corrected chi connectivity index (χ0v) is 11.2. The fourth-order valence-electron chi connectivity index (χ4n) is 2.85. The quantitative estimate of drug-likeness (QED) is 0.737. The van der Waals surface area contributed by atoms with Crippen molar-refractivity contribution in [1.82, 2.24) is 16.0 Å². The Hall–Kier alpha value is -1.39. The molecule has 0 aromatic heterocycles. The Morgan fingerprint density at radius 3 is 2.79 bits per heavy atom. The molecule has 2 heterocycles. The second-order valence-corrected chi connectivity index (χ2v) is 5.41. The monoisotopic (exact) mass is 259 g/mol. The molecule has 102 valence electrons. The highest BCUT2D eigenvalue weighted by atomic mass is 16.1. The van der Waals surface area contributed by atoms with Gasteiger partial charge in [0.05, 0.1) is 0 Å². The molecule has 1 aromatic carbocycles. The van der Waals surface area contributed by atoms with Crippen molar-refractivity contribution in [2.45, 2.75) is 31.8 Å². The second kappa shape index (κ2) is 5.72. The van der Waals surface area contributed by atoms with E-state index < -0.39 is 0 Å².